The van der Waals surface area contributed by atoms with Crippen LogP contribution >= 0.6 is 0 Å². The molecular formula is C14H18N4O3. The summed E-state index contributed by atoms with van der Waals surface area (Å²) >= 11 is 0. The van der Waals surface area contributed by atoms with Crippen molar-refractivity contribution < 1.29 is 14.3 Å². The van der Waals surface area contributed by atoms with Gasteiger partial charge in [0.1, 0.15) is 17.8 Å². The number of ether oxygens (including phenoxy) is 2. The number of nitrogens with zero attached hydrogens (tertiary/aromatic N) is 2. The molecule has 3 rings (SSSR count). The van der Waals surface area contributed by atoms with E-state index in [0.29, 0.717) is 18.8 Å². The fraction of sp³-hybridized carbons (Fsp3) is 0.429. The largest absolute Gasteiger partial charge is 0.462 e. The number of piperazine rings is 1. The van der Waals surface area contributed by atoms with Crippen LogP contribution in [0.2, 0.25) is 0 Å². The number of aromatic nitrogens is 1. The van der Waals surface area contributed by atoms with Crippen molar-refractivity contribution in [3.8, 4) is 0 Å². The van der Waals surface area contributed by atoms with Crippen LogP contribution in [0.4, 0.5) is 10.6 Å². The molecule has 0 aliphatic carbocycles. The number of anilines is 1. The minimum absolute atomic E-state index is 0.0374. The first-order chi connectivity index (χ1) is 10.3. The Morgan fingerprint density at radius 1 is 1.52 bits per heavy atom. The zero-order chi connectivity index (χ0) is 14.5. The average Bonchev–Trinajstić information content (AvgIpc) is 3.02. The molecule has 0 saturated carbocycles. The second-order valence-corrected chi connectivity index (χ2v) is 4.91. The normalized spacial score (nSPS) is 21.2. The Labute approximate surface area is 122 Å². The van der Waals surface area contributed by atoms with Gasteiger partial charge >= 0.3 is 6.03 Å². The van der Waals surface area contributed by atoms with Gasteiger partial charge in [-0.15, -0.1) is 0 Å². The zero-order valence-corrected chi connectivity index (χ0v) is 11.6. The van der Waals surface area contributed by atoms with Gasteiger partial charge in [-0.25, -0.2) is 9.78 Å². The van der Waals surface area contributed by atoms with E-state index in [1.165, 1.54) is 0 Å². The van der Waals surface area contributed by atoms with Crippen LogP contribution in [0, 0.1) is 0 Å². The summed E-state index contributed by atoms with van der Waals surface area (Å²) in [5.41, 5.74) is 0. The van der Waals surface area contributed by atoms with Crippen molar-refractivity contribution in [1.29, 1.82) is 0 Å². The Morgan fingerprint density at radius 3 is 3.24 bits per heavy atom. The second-order valence-electron chi connectivity index (χ2n) is 4.91. The molecule has 0 bridgehead atoms. The standard InChI is InChI=1S/C14H18N4O3/c19-14(17-13-3-1-2-4-16-13)18-6-5-15-8-11(18)7-12-9-20-10-21-12/h1-4,9,11,15H,5-8,10H2,(H,16,17,19). The predicted octanol–water partition coefficient (Wildman–Crippen LogP) is 1.12. The number of amides is 2. The minimum Gasteiger partial charge on any atom is -0.462 e. The summed E-state index contributed by atoms with van der Waals surface area (Å²) in [5, 5.41) is 6.12. The van der Waals surface area contributed by atoms with Gasteiger partial charge in [0.25, 0.3) is 0 Å². The lowest BCUT2D eigenvalue weighted by Gasteiger charge is -2.36. The van der Waals surface area contributed by atoms with Gasteiger partial charge in [-0.3, -0.25) is 5.32 Å². The fourth-order valence-corrected chi connectivity index (χ4v) is 2.44. The Hall–Kier alpha value is -2.28. The van der Waals surface area contributed by atoms with E-state index in [-0.39, 0.29) is 18.9 Å². The van der Waals surface area contributed by atoms with E-state index in [0.717, 1.165) is 18.8 Å². The molecule has 21 heavy (non-hydrogen) atoms. The molecule has 1 aromatic heterocycles. The van der Waals surface area contributed by atoms with Crippen molar-refractivity contribution in [3.05, 3.63) is 36.4 Å². The molecule has 1 saturated heterocycles. The highest BCUT2D eigenvalue weighted by atomic mass is 16.7. The van der Waals surface area contributed by atoms with Crippen LogP contribution in [-0.4, -0.2) is 48.4 Å². The van der Waals surface area contributed by atoms with E-state index in [4.69, 9.17) is 9.47 Å². The summed E-state index contributed by atoms with van der Waals surface area (Å²) in [6.45, 7) is 2.42. The lowest BCUT2D eigenvalue weighted by atomic mass is 10.1. The summed E-state index contributed by atoms with van der Waals surface area (Å²) in [6, 6.07) is 5.32. The van der Waals surface area contributed by atoms with E-state index in [1.807, 2.05) is 17.0 Å². The van der Waals surface area contributed by atoms with Crippen molar-refractivity contribution in [1.82, 2.24) is 15.2 Å². The molecule has 2 aliphatic rings. The number of urea groups is 1. The monoisotopic (exact) mass is 290 g/mol. The number of carbonyl (C=O) groups excluding carboxylic acids is 1. The smallest absolute Gasteiger partial charge is 0.323 e. The van der Waals surface area contributed by atoms with Gasteiger partial charge in [-0.2, -0.15) is 0 Å². The minimum atomic E-state index is -0.139. The molecule has 0 radical (unpaired) electrons. The number of hydrogen-bond donors (Lipinski definition) is 2. The third-order valence-electron chi connectivity index (χ3n) is 3.47. The topological polar surface area (TPSA) is 75.7 Å². The number of rotatable bonds is 3. The number of carbonyl (C=O) groups is 1. The maximum atomic E-state index is 12.4. The van der Waals surface area contributed by atoms with E-state index in [9.17, 15) is 4.79 Å². The molecule has 112 valence electrons. The maximum Gasteiger partial charge on any atom is 0.323 e. The van der Waals surface area contributed by atoms with Crippen LogP contribution in [0.5, 0.6) is 0 Å². The SMILES string of the molecule is O=C(Nc1ccccn1)N1CCNCC1CC1=COCO1. The quantitative estimate of drug-likeness (QED) is 0.872. The van der Waals surface area contributed by atoms with Gasteiger partial charge in [0.15, 0.2) is 0 Å². The summed E-state index contributed by atoms with van der Waals surface area (Å²) in [7, 11) is 0. The Morgan fingerprint density at radius 2 is 2.48 bits per heavy atom. The first-order valence-corrected chi connectivity index (χ1v) is 6.96. The summed E-state index contributed by atoms with van der Waals surface area (Å²) in [5.74, 6) is 1.33. The zero-order valence-electron chi connectivity index (χ0n) is 11.6. The number of nitrogens with one attached hydrogen (secondary N) is 2. The van der Waals surface area contributed by atoms with Crippen molar-refractivity contribution in [2.75, 3.05) is 31.7 Å². The third-order valence-corrected chi connectivity index (χ3v) is 3.47. The Kier molecular flexibility index (Phi) is 4.20. The number of pyridine rings is 1. The van der Waals surface area contributed by atoms with Crippen LogP contribution in [-0.2, 0) is 9.47 Å². The average molecular weight is 290 g/mol. The van der Waals surface area contributed by atoms with Crippen molar-refractivity contribution >= 4 is 11.8 Å². The number of hydrogen-bond acceptors (Lipinski definition) is 5. The fourth-order valence-electron chi connectivity index (χ4n) is 2.44. The molecule has 7 heteroatoms. The first kappa shape index (κ1) is 13.7. The molecule has 1 fully saturated rings. The molecule has 3 heterocycles. The molecule has 1 atom stereocenters. The van der Waals surface area contributed by atoms with Crippen molar-refractivity contribution in [2.24, 2.45) is 0 Å². The highest BCUT2D eigenvalue weighted by Gasteiger charge is 2.28. The van der Waals surface area contributed by atoms with Gasteiger partial charge in [-0.05, 0) is 12.1 Å². The highest BCUT2D eigenvalue weighted by Crippen LogP contribution is 2.18. The van der Waals surface area contributed by atoms with Crippen LogP contribution in [0.3, 0.4) is 0 Å². The molecule has 0 spiro atoms. The van der Waals surface area contributed by atoms with Gasteiger partial charge in [0.2, 0.25) is 6.79 Å². The van der Waals surface area contributed by atoms with E-state index in [1.54, 1.807) is 18.5 Å². The first-order valence-electron chi connectivity index (χ1n) is 6.96. The van der Waals surface area contributed by atoms with Gasteiger partial charge in [-0.1, -0.05) is 6.07 Å². The predicted molar refractivity (Wildman–Crippen MR) is 76.4 cm³/mol. The van der Waals surface area contributed by atoms with Gasteiger partial charge in [0, 0.05) is 32.3 Å². The van der Waals surface area contributed by atoms with E-state index >= 15 is 0 Å². The van der Waals surface area contributed by atoms with Crippen LogP contribution in [0.15, 0.2) is 36.4 Å². The molecule has 2 N–H and O–H groups in total. The summed E-state index contributed by atoms with van der Waals surface area (Å²) in [4.78, 5) is 18.3. The molecule has 0 aromatic carbocycles. The lowest BCUT2D eigenvalue weighted by molar-refractivity contribution is 0.0722. The third kappa shape index (κ3) is 3.43. The summed E-state index contributed by atoms with van der Waals surface area (Å²) < 4.78 is 10.4. The van der Waals surface area contributed by atoms with E-state index < -0.39 is 0 Å². The van der Waals surface area contributed by atoms with Crippen molar-refractivity contribution in [2.45, 2.75) is 12.5 Å². The van der Waals surface area contributed by atoms with Crippen LogP contribution in [0.1, 0.15) is 6.42 Å². The highest BCUT2D eigenvalue weighted by molar-refractivity contribution is 5.88. The lowest BCUT2D eigenvalue weighted by Crippen LogP contribution is -2.55. The molecule has 7 nitrogen and oxygen atoms in total. The van der Waals surface area contributed by atoms with Gasteiger partial charge in [0.05, 0.1) is 6.04 Å². The molecule has 2 amide bonds. The summed E-state index contributed by atoms with van der Waals surface area (Å²) in [6.07, 6.45) is 3.91. The van der Waals surface area contributed by atoms with E-state index in [2.05, 4.69) is 15.6 Å². The molecule has 2 aliphatic heterocycles. The van der Waals surface area contributed by atoms with Crippen LogP contribution in [0.25, 0.3) is 0 Å². The molecular weight excluding hydrogens is 272 g/mol. The molecule has 1 unspecified atom stereocenters. The van der Waals surface area contributed by atoms with Gasteiger partial charge < -0.3 is 19.7 Å². The Balaban J connectivity index is 1.64. The maximum absolute atomic E-state index is 12.4. The Bertz CT molecular complexity index is 520. The van der Waals surface area contributed by atoms with Crippen molar-refractivity contribution in [3.63, 3.8) is 0 Å². The second kappa shape index (κ2) is 6.45. The molecule has 1 aromatic rings. The van der Waals surface area contributed by atoms with Crippen LogP contribution < -0.4 is 10.6 Å².